The number of aromatic nitrogens is 2. The third kappa shape index (κ3) is 4.05. The molecule has 0 bridgehead atoms. The molecule has 0 amide bonds. The lowest BCUT2D eigenvalue weighted by Crippen LogP contribution is -1.95. The fourth-order valence-electron chi connectivity index (χ4n) is 8.90. The lowest BCUT2D eigenvalue weighted by Gasteiger charge is -2.12. The molecule has 3 heterocycles. The molecular weight excluding hydrogens is 645 g/mol. The molecule has 0 aliphatic carbocycles. The first kappa shape index (κ1) is 28.6. The van der Waals surface area contributed by atoms with Crippen LogP contribution in [0.5, 0.6) is 0 Å². The normalized spacial score (nSPS) is 12.2. The number of hydrogen-bond donors (Lipinski definition) is 0. The zero-order valence-electron chi connectivity index (χ0n) is 28.6. The first-order valence-electron chi connectivity index (χ1n) is 18.2. The van der Waals surface area contributed by atoms with Crippen LogP contribution in [0.1, 0.15) is 0 Å². The highest BCUT2D eigenvalue weighted by atomic mass is 16.3. The van der Waals surface area contributed by atoms with Gasteiger partial charge in [-0.25, -0.2) is 0 Å². The first-order chi connectivity index (χ1) is 26.3. The Morgan fingerprint density at radius 1 is 0.340 bits per heavy atom. The maximum Gasteiger partial charge on any atom is 0.137 e. The number of fused-ring (bicyclic) bond motifs is 12. The van der Waals surface area contributed by atoms with Crippen LogP contribution in [0.3, 0.4) is 0 Å². The molecule has 0 atom stereocenters. The number of rotatable bonds is 3. The van der Waals surface area contributed by atoms with Crippen molar-refractivity contribution in [1.29, 1.82) is 0 Å². The Morgan fingerprint density at radius 2 is 0.962 bits per heavy atom. The predicted octanol–water partition coefficient (Wildman–Crippen LogP) is 13.8. The first-order valence-corrected chi connectivity index (χ1v) is 18.2. The van der Waals surface area contributed by atoms with Crippen molar-refractivity contribution in [1.82, 2.24) is 9.13 Å². The Hall–Kier alpha value is -7.10. The quantitative estimate of drug-likeness (QED) is 0.183. The van der Waals surface area contributed by atoms with Crippen LogP contribution >= 0.6 is 0 Å². The van der Waals surface area contributed by atoms with Gasteiger partial charge in [-0.15, -0.1) is 0 Å². The fourth-order valence-corrected chi connectivity index (χ4v) is 8.90. The molecule has 3 heteroatoms. The Bertz CT molecular complexity index is 3470. The summed E-state index contributed by atoms with van der Waals surface area (Å²) in [5.41, 5.74) is 11.3. The van der Waals surface area contributed by atoms with Crippen LogP contribution in [0.2, 0.25) is 0 Å². The SMILES string of the molecule is c1ccc2cc(-n3c4ccccc4c4cc(-c5ccc6c(c5)c5ccc7ccccc7c5n6-c5cccc6oc7ccccc7c56)ccc43)ccc2c1. The van der Waals surface area contributed by atoms with Crippen LogP contribution in [0.4, 0.5) is 0 Å². The van der Waals surface area contributed by atoms with Crippen molar-refractivity contribution in [3.63, 3.8) is 0 Å². The summed E-state index contributed by atoms with van der Waals surface area (Å²) in [6.45, 7) is 0. The highest BCUT2D eigenvalue weighted by molar-refractivity contribution is 6.21. The van der Waals surface area contributed by atoms with Crippen LogP contribution < -0.4 is 0 Å². The van der Waals surface area contributed by atoms with Crippen molar-refractivity contribution in [2.45, 2.75) is 0 Å². The molecule has 0 aliphatic rings. The lowest BCUT2D eigenvalue weighted by molar-refractivity contribution is 0.669. The monoisotopic (exact) mass is 674 g/mol. The van der Waals surface area contributed by atoms with Gasteiger partial charge in [0.2, 0.25) is 0 Å². The third-order valence-electron chi connectivity index (χ3n) is 11.3. The highest BCUT2D eigenvalue weighted by Crippen LogP contribution is 2.43. The van der Waals surface area contributed by atoms with Crippen LogP contribution in [0.15, 0.2) is 186 Å². The molecule has 0 spiro atoms. The van der Waals surface area contributed by atoms with Crippen molar-refractivity contribution in [3.05, 3.63) is 182 Å². The van der Waals surface area contributed by atoms with E-state index in [0.29, 0.717) is 0 Å². The highest BCUT2D eigenvalue weighted by Gasteiger charge is 2.20. The van der Waals surface area contributed by atoms with Gasteiger partial charge in [-0.2, -0.15) is 0 Å². The van der Waals surface area contributed by atoms with E-state index >= 15 is 0 Å². The molecule has 246 valence electrons. The molecule has 0 unspecified atom stereocenters. The van der Waals surface area contributed by atoms with Gasteiger partial charge in [-0.1, -0.05) is 121 Å². The molecule has 12 aromatic rings. The van der Waals surface area contributed by atoms with Gasteiger partial charge in [0.05, 0.1) is 33.1 Å². The van der Waals surface area contributed by atoms with Gasteiger partial charge in [0.25, 0.3) is 0 Å². The molecule has 0 saturated heterocycles. The number of furan rings is 1. The van der Waals surface area contributed by atoms with Gasteiger partial charge in [-0.05, 0) is 87.9 Å². The molecule has 0 radical (unpaired) electrons. The fraction of sp³-hybridized carbons (Fsp3) is 0. The minimum atomic E-state index is 0.895. The van der Waals surface area contributed by atoms with Crippen molar-refractivity contribution >= 4 is 87.1 Å². The number of nitrogens with zero attached hydrogens (tertiary/aromatic N) is 2. The number of hydrogen-bond acceptors (Lipinski definition) is 1. The van der Waals surface area contributed by atoms with Crippen LogP contribution in [-0.2, 0) is 0 Å². The average molecular weight is 675 g/mol. The molecule has 3 nitrogen and oxygen atoms in total. The summed E-state index contributed by atoms with van der Waals surface area (Å²) in [6, 6.07) is 66.1. The molecule has 0 aliphatic heterocycles. The van der Waals surface area contributed by atoms with Crippen LogP contribution in [0.25, 0.3) is 110 Å². The number of para-hydroxylation sites is 2. The minimum absolute atomic E-state index is 0.895. The van der Waals surface area contributed by atoms with E-state index in [1.165, 1.54) is 82.0 Å². The van der Waals surface area contributed by atoms with E-state index in [1.54, 1.807) is 0 Å². The van der Waals surface area contributed by atoms with Crippen LogP contribution in [0, 0.1) is 0 Å². The van der Waals surface area contributed by atoms with Crippen molar-refractivity contribution in [3.8, 4) is 22.5 Å². The van der Waals surface area contributed by atoms with E-state index in [4.69, 9.17) is 4.42 Å². The second-order valence-corrected chi connectivity index (χ2v) is 14.1. The smallest absolute Gasteiger partial charge is 0.137 e. The van der Waals surface area contributed by atoms with Crippen molar-refractivity contribution < 1.29 is 4.42 Å². The molecule has 53 heavy (non-hydrogen) atoms. The molecule has 0 fully saturated rings. The van der Waals surface area contributed by atoms with E-state index in [-0.39, 0.29) is 0 Å². The summed E-state index contributed by atoms with van der Waals surface area (Å²) in [4.78, 5) is 0. The lowest BCUT2D eigenvalue weighted by atomic mass is 10.00. The van der Waals surface area contributed by atoms with E-state index in [0.717, 1.165) is 27.6 Å². The van der Waals surface area contributed by atoms with Gasteiger partial charge >= 0.3 is 0 Å². The molecule has 12 rings (SSSR count). The Balaban J connectivity index is 1.11. The standard InChI is InChI=1S/C50H30N2O/c1-2-12-33-28-36(24-20-31(33)10-1)51-43-16-7-5-14-38(43)41-29-34(22-26-44(41)51)35-23-27-45-42(30-35)39-25-21-32-11-3-4-13-37(32)50(39)52(45)46-17-9-19-48-49(46)40-15-6-8-18-47(40)53-48/h1-30H. The van der Waals surface area contributed by atoms with Gasteiger partial charge in [-0.3, -0.25) is 0 Å². The molecule has 0 N–H and O–H groups in total. The molecule has 9 aromatic carbocycles. The maximum absolute atomic E-state index is 6.38. The summed E-state index contributed by atoms with van der Waals surface area (Å²) in [5, 5.41) is 12.2. The van der Waals surface area contributed by atoms with E-state index in [1.807, 2.05) is 6.07 Å². The summed E-state index contributed by atoms with van der Waals surface area (Å²) in [6.07, 6.45) is 0. The second kappa shape index (κ2) is 10.7. The summed E-state index contributed by atoms with van der Waals surface area (Å²) < 4.78 is 11.2. The van der Waals surface area contributed by atoms with Gasteiger partial charge in [0.1, 0.15) is 11.2 Å². The zero-order valence-corrected chi connectivity index (χ0v) is 28.6. The Labute approximate surface area is 304 Å². The van der Waals surface area contributed by atoms with Crippen LogP contribution in [-0.4, -0.2) is 9.13 Å². The summed E-state index contributed by atoms with van der Waals surface area (Å²) >= 11 is 0. The molecule has 0 saturated carbocycles. The van der Waals surface area contributed by atoms with Gasteiger partial charge < -0.3 is 13.6 Å². The largest absolute Gasteiger partial charge is 0.456 e. The van der Waals surface area contributed by atoms with E-state index in [9.17, 15) is 0 Å². The summed E-state index contributed by atoms with van der Waals surface area (Å²) in [5.74, 6) is 0. The van der Waals surface area contributed by atoms with E-state index < -0.39 is 0 Å². The minimum Gasteiger partial charge on any atom is -0.456 e. The number of benzene rings is 9. The van der Waals surface area contributed by atoms with Gasteiger partial charge in [0, 0.05) is 38.0 Å². The van der Waals surface area contributed by atoms with Gasteiger partial charge in [0.15, 0.2) is 0 Å². The van der Waals surface area contributed by atoms with Crippen molar-refractivity contribution in [2.24, 2.45) is 0 Å². The maximum atomic E-state index is 6.38. The van der Waals surface area contributed by atoms with E-state index in [2.05, 4.69) is 185 Å². The average Bonchev–Trinajstić information content (AvgIpc) is 3.88. The zero-order chi connectivity index (χ0) is 34.6. The summed E-state index contributed by atoms with van der Waals surface area (Å²) in [7, 11) is 0. The Kier molecular flexibility index (Phi) is 5.77. The van der Waals surface area contributed by atoms with Crippen molar-refractivity contribution in [2.75, 3.05) is 0 Å². The molecular formula is C50H30N2O. The predicted molar refractivity (Wildman–Crippen MR) is 223 cm³/mol. The second-order valence-electron chi connectivity index (χ2n) is 14.1. The topological polar surface area (TPSA) is 23.0 Å². The Morgan fingerprint density at radius 3 is 1.81 bits per heavy atom. The third-order valence-corrected chi connectivity index (χ3v) is 11.3. The molecule has 3 aromatic heterocycles.